The van der Waals surface area contributed by atoms with E-state index in [0.717, 1.165) is 5.56 Å². The highest BCUT2D eigenvalue weighted by molar-refractivity contribution is 9.09. The number of para-hydroxylation sites is 1. The summed E-state index contributed by atoms with van der Waals surface area (Å²) in [6.45, 7) is 13.6. The number of likely N-dealkylation sites (tertiary alicyclic amines) is 1. The molecule has 2 aromatic carbocycles. The summed E-state index contributed by atoms with van der Waals surface area (Å²) in [7, 11) is 0. The molecule has 9 nitrogen and oxygen atoms in total. The van der Waals surface area contributed by atoms with E-state index >= 15 is 0 Å². The van der Waals surface area contributed by atoms with Gasteiger partial charge >= 0.3 is 0 Å². The molecule has 240 valence electrons. The van der Waals surface area contributed by atoms with Crippen LogP contribution in [0.25, 0.3) is 0 Å². The fourth-order valence-electron chi connectivity index (χ4n) is 7.24. The van der Waals surface area contributed by atoms with Gasteiger partial charge in [-0.25, -0.2) is 0 Å². The molecule has 3 aliphatic rings. The highest BCUT2D eigenvalue weighted by Gasteiger charge is 2.77. The van der Waals surface area contributed by atoms with Gasteiger partial charge in [0.1, 0.15) is 17.4 Å². The zero-order valence-electron chi connectivity index (χ0n) is 25.7. The van der Waals surface area contributed by atoms with Crippen LogP contribution < -0.4 is 14.5 Å². The molecule has 7 atom stereocenters. The molecule has 1 N–H and O–H groups in total. The maximum Gasteiger partial charge on any atom is 0.253 e. The predicted octanol–water partition coefficient (Wildman–Crippen LogP) is 4.91. The van der Waals surface area contributed by atoms with Crippen LogP contribution in [0.2, 0.25) is 5.02 Å². The number of aliphatic hydroxyl groups excluding tert-OH is 1. The van der Waals surface area contributed by atoms with E-state index in [1.165, 1.54) is 9.80 Å². The number of rotatable bonds is 12. The maximum atomic E-state index is 14.8. The Morgan fingerprint density at radius 3 is 2.44 bits per heavy atom. The Balaban J connectivity index is 1.59. The Kier molecular flexibility index (Phi) is 9.79. The van der Waals surface area contributed by atoms with E-state index in [1.807, 2.05) is 19.9 Å². The number of fused-ring (bicyclic) bond motifs is 1. The zero-order valence-corrected chi connectivity index (χ0v) is 28.0. The first-order chi connectivity index (χ1) is 21.6. The lowest BCUT2D eigenvalue weighted by Crippen LogP contribution is -2.59. The Labute approximate surface area is 277 Å². The van der Waals surface area contributed by atoms with Crippen molar-refractivity contribution in [1.82, 2.24) is 4.90 Å². The number of nitrogens with zero attached hydrogens (tertiary/aromatic N) is 3. The normalized spacial score (nSPS) is 27.2. The molecule has 3 heterocycles. The van der Waals surface area contributed by atoms with Gasteiger partial charge in [0.15, 0.2) is 0 Å². The van der Waals surface area contributed by atoms with E-state index in [2.05, 4.69) is 29.1 Å². The van der Waals surface area contributed by atoms with Crippen molar-refractivity contribution in [3.63, 3.8) is 0 Å². The molecular formula is C34H39BrClN3O6. The molecule has 3 fully saturated rings. The third-order valence-electron chi connectivity index (χ3n) is 9.06. The second kappa shape index (κ2) is 13.3. The third kappa shape index (κ3) is 5.49. The fourth-order valence-corrected chi connectivity index (χ4v) is 8.51. The number of aliphatic hydroxyl groups is 1. The fraction of sp³-hybridized carbons (Fsp3) is 0.441. The van der Waals surface area contributed by atoms with Crippen LogP contribution in [0.5, 0.6) is 5.75 Å². The number of amides is 3. The second-order valence-electron chi connectivity index (χ2n) is 11.7. The van der Waals surface area contributed by atoms with Crippen LogP contribution >= 0.6 is 27.5 Å². The highest BCUT2D eigenvalue weighted by Crippen LogP contribution is 2.61. The minimum Gasteiger partial charge on any atom is -0.494 e. The summed E-state index contributed by atoms with van der Waals surface area (Å²) in [5, 5.41) is 10.7. The lowest BCUT2D eigenvalue weighted by atomic mass is 9.70. The van der Waals surface area contributed by atoms with Crippen molar-refractivity contribution in [2.75, 3.05) is 36.1 Å². The van der Waals surface area contributed by atoms with Crippen LogP contribution in [0.4, 0.5) is 11.4 Å². The van der Waals surface area contributed by atoms with Gasteiger partial charge in [0.2, 0.25) is 11.8 Å². The van der Waals surface area contributed by atoms with Crippen molar-refractivity contribution < 1.29 is 29.0 Å². The largest absolute Gasteiger partial charge is 0.494 e. The summed E-state index contributed by atoms with van der Waals surface area (Å²) in [5.74, 6) is -2.26. The summed E-state index contributed by atoms with van der Waals surface area (Å²) in [6, 6.07) is 10.7. The summed E-state index contributed by atoms with van der Waals surface area (Å²) >= 11 is 10.4. The molecule has 0 radical (unpaired) electrons. The quantitative estimate of drug-likeness (QED) is 0.250. The van der Waals surface area contributed by atoms with Crippen molar-refractivity contribution in [1.29, 1.82) is 0 Å². The van der Waals surface area contributed by atoms with Gasteiger partial charge in [0.25, 0.3) is 5.91 Å². The lowest BCUT2D eigenvalue weighted by Gasteiger charge is -2.39. The van der Waals surface area contributed by atoms with E-state index in [1.54, 1.807) is 60.4 Å². The zero-order chi connectivity index (χ0) is 32.6. The molecule has 2 aromatic rings. The Hall–Kier alpha value is -3.18. The first-order valence-electron chi connectivity index (χ1n) is 15.1. The average molecular weight is 701 g/mol. The first kappa shape index (κ1) is 33.2. The molecule has 3 amide bonds. The van der Waals surface area contributed by atoms with Crippen molar-refractivity contribution in [2.24, 2.45) is 11.8 Å². The van der Waals surface area contributed by atoms with E-state index in [4.69, 9.17) is 21.1 Å². The number of anilines is 2. The van der Waals surface area contributed by atoms with Gasteiger partial charge in [-0.05, 0) is 63.1 Å². The van der Waals surface area contributed by atoms with Gasteiger partial charge in [0, 0.05) is 23.6 Å². The Morgan fingerprint density at radius 2 is 1.84 bits per heavy atom. The monoisotopic (exact) mass is 699 g/mol. The molecule has 0 aliphatic carbocycles. The number of ether oxygens (including phenoxy) is 2. The van der Waals surface area contributed by atoms with Crippen molar-refractivity contribution >= 4 is 56.6 Å². The number of carbonyl (C=O) groups is 3. The standard InChI is InChI=1S/C34H39BrClN3O6/c1-6-16-37(22-12-14-23(15-13-22)44-8-3)31(41)26-27-32(42)39(21(5)19-40)30(34(27)18-24(35)29(26)45-34)33(43)38(17-7-2)28-20(4)10-9-11-25(28)36/h6-7,9-15,21,24,26-27,29-30,40H,1-2,8,16-19H2,3-5H3/t21-,24?,26+,27+,29+,30?,34?/m1/s1. The average Bonchev–Trinajstić information content (AvgIpc) is 3.62. The minimum absolute atomic E-state index is 0.130. The van der Waals surface area contributed by atoms with Crippen molar-refractivity contribution in [3.8, 4) is 5.75 Å². The topological polar surface area (TPSA) is 99.6 Å². The summed E-state index contributed by atoms with van der Waals surface area (Å²) in [4.78, 5) is 48.1. The van der Waals surface area contributed by atoms with E-state index in [-0.39, 0.29) is 30.4 Å². The second-order valence-corrected chi connectivity index (χ2v) is 13.3. The Bertz CT molecular complexity index is 1470. The number of benzene rings is 2. The van der Waals surface area contributed by atoms with Gasteiger partial charge in [-0.2, -0.15) is 0 Å². The molecule has 3 saturated heterocycles. The number of hydrogen-bond donors (Lipinski definition) is 1. The smallest absolute Gasteiger partial charge is 0.253 e. The maximum absolute atomic E-state index is 14.8. The number of aryl methyl sites for hydroxylation is 1. The summed E-state index contributed by atoms with van der Waals surface area (Å²) in [5.41, 5.74) is 0.591. The van der Waals surface area contributed by atoms with Gasteiger partial charge < -0.3 is 29.3 Å². The van der Waals surface area contributed by atoms with E-state index in [0.29, 0.717) is 35.2 Å². The molecule has 3 aliphatic heterocycles. The van der Waals surface area contributed by atoms with Crippen LogP contribution in [-0.4, -0.2) is 82.6 Å². The first-order valence-corrected chi connectivity index (χ1v) is 16.4. The predicted molar refractivity (Wildman–Crippen MR) is 178 cm³/mol. The molecule has 2 bridgehead atoms. The van der Waals surface area contributed by atoms with Crippen LogP contribution in [0.15, 0.2) is 67.8 Å². The summed E-state index contributed by atoms with van der Waals surface area (Å²) < 4.78 is 12.3. The molecule has 5 rings (SSSR count). The third-order valence-corrected chi connectivity index (χ3v) is 10.2. The van der Waals surface area contributed by atoms with Gasteiger partial charge in [-0.1, -0.05) is 51.8 Å². The molecule has 45 heavy (non-hydrogen) atoms. The Morgan fingerprint density at radius 1 is 1.18 bits per heavy atom. The SMILES string of the molecule is C=CCN(C(=O)[C@H]1[C@H]2C(=O)N([C@H](C)CO)C(C(=O)N(CC=C)c3c(C)cccc3Cl)C23CC(Br)[C@@H]1O3)c1ccc(OCC)cc1. The molecule has 0 saturated carbocycles. The molecular weight excluding hydrogens is 662 g/mol. The van der Waals surface area contributed by atoms with Crippen LogP contribution in [0.3, 0.4) is 0 Å². The number of halogens is 2. The molecule has 3 unspecified atom stereocenters. The molecule has 1 spiro atoms. The lowest BCUT2D eigenvalue weighted by molar-refractivity contribution is -0.143. The van der Waals surface area contributed by atoms with E-state index in [9.17, 15) is 19.5 Å². The summed E-state index contributed by atoms with van der Waals surface area (Å²) in [6.07, 6.45) is 2.91. The van der Waals surface area contributed by atoms with Gasteiger partial charge in [-0.3, -0.25) is 14.4 Å². The van der Waals surface area contributed by atoms with Gasteiger partial charge in [-0.15, -0.1) is 13.2 Å². The van der Waals surface area contributed by atoms with Gasteiger partial charge in [0.05, 0.1) is 47.9 Å². The van der Waals surface area contributed by atoms with Crippen LogP contribution in [0.1, 0.15) is 25.8 Å². The highest BCUT2D eigenvalue weighted by atomic mass is 79.9. The molecule has 0 aromatic heterocycles. The number of alkyl halides is 1. The molecule has 11 heteroatoms. The van der Waals surface area contributed by atoms with Crippen molar-refractivity contribution in [2.45, 2.75) is 55.8 Å². The van der Waals surface area contributed by atoms with E-state index < -0.39 is 47.4 Å². The number of hydrogen-bond acceptors (Lipinski definition) is 6. The number of carbonyl (C=O) groups excluding carboxylic acids is 3. The minimum atomic E-state index is -1.32. The van der Waals surface area contributed by atoms with Crippen LogP contribution in [0, 0.1) is 18.8 Å². The van der Waals surface area contributed by atoms with Crippen LogP contribution in [-0.2, 0) is 19.1 Å². The van der Waals surface area contributed by atoms with Crippen molar-refractivity contribution in [3.05, 3.63) is 78.4 Å².